The monoisotopic (exact) mass is 376 g/mol. The van der Waals surface area contributed by atoms with Gasteiger partial charge in [0.15, 0.2) is 0 Å². The van der Waals surface area contributed by atoms with E-state index in [1.807, 2.05) is 19.1 Å². The van der Waals surface area contributed by atoms with Gasteiger partial charge in [0.25, 0.3) is 11.8 Å². The molecule has 0 bridgehead atoms. The highest BCUT2D eigenvalue weighted by Crippen LogP contribution is 2.13. The SMILES string of the molecule is Cc1cccc(C=NNC(=O)c2cccc(NC(=O)c3ccc(F)cc3)c2)n1. The van der Waals surface area contributed by atoms with Crippen LogP contribution in [0.15, 0.2) is 71.8 Å². The second-order valence-electron chi connectivity index (χ2n) is 5.94. The van der Waals surface area contributed by atoms with Crippen LogP contribution in [-0.4, -0.2) is 23.0 Å². The maximum Gasteiger partial charge on any atom is 0.271 e. The summed E-state index contributed by atoms with van der Waals surface area (Å²) < 4.78 is 13.0. The third kappa shape index (κ3) is 5.07. The first-order valence-electron chi connectivity index (χ1n) is 8.45. The molecule has 0 saturated carbocycles. The van der Waals surface area contributed by atoms with E-state index in [0.29, 0.717) is 22.5 Å². The summed E-state index contributed by atoms with van der Waals surface area (Å²) in [6.45, 7) is 1.86. The van der Waals surface area contributed by atoms with E-state index < -0.39 is 17.6 Å². The molecule has 1 aromatic heterocycles. The van der Waals surface area contributed by atoms with Crippen LogP contribution in [0.4, 0.5) is 10.1 Å². The second kappa shape index (κ2) is 8.68. The zero-order chi connectivity index (χ0) is 19.9. The molecular formula is C21H17FN4O2. The summed E-state index contributed by atoms with van der Waals surface area (Å²) in [6.07, 6.45) is 1.45. The molecule has 0 aliphatic rings. The third-order valence-corrected chi connectivity index (χ3v) is 3.76. The minimum absolute atomic E-state index is 0.312. The number of nitrogens with one attached hydrogen (secondary N) is 2. The van der Waals surface area contributed by atoms with Gasteiger partial charge in [-0.2, -0.15) is 5.10 Å². The molecule has 2 N–H and O–H groups in total. The van der Waals surface area contributed by atoms with Gasteiger partial charge in [0.05, 0.1) is 11.9 Å². The maximum atomic E-state index is 13.0. The molecule has 6 nitrogen and oxygen atoms in total. The van der Waals surface area contributed by atoms with Crippen molar-refractivity contribution in [2.75, 3.05) is 5.32 Å². The molecule has 140 valence electrons. The predicted octanol–water partition coefficient (Wildman–Crippen LogP) is 3.55. The fourth-order valence-corrected chi connectivity index (χ4v) is 2.40. The average molecular weight is 376 g/mol. The van der Waals surface area contributed by atoms with Gasteiger partial charge in [-0.05, 0) is 61.5 Å². The average Bonchev–Trinajstić information content (AvgIpc) is 2.68. The highest BCUT2D eigenvalue weighted by Gasteiger charge is 2.09. The quantitative estimate of drug-likeness (QED) is 0.528. The van der Waals surface area contributed by atoms with Crippen molar-refractivity contribution >= 4 is 23.7 Å². The minimum Gasteiger partial charge on any atom is -0.322 e. The normalized spacial score (nSPS) is 10.6. The van der Waals surface area contributed by atoms with Crippen LogP contribution in [0.25, 0.3) is 0 Å². The Morgan fingerprint density at radius 3 is 2.46 bits per heavy atom. The number of amides is 2. The summed E-state index contributed by atoms with van der Waals surface area (Å²) in [7, 11) is 0. The maximum absolute atomic E-state index is 13.0. The number of hydrazone groups is 1. The lowest BCUT2D eigenvalue weighted by Crippen LogP contribution is -2.18. The van der Waals surface area contributed by atoms with E-state index in [1.54, 1.807) is 24.3 Å². The second-order valence-corrected chi connectivity index (χ2v) is 5.94. The largest absolute Gasteiger partial charge is 0.322 e. The van der Waals surface area contributed by atoms with Crippen molar-refractivity contribution in [1.29, 1.82) is 0 Å². The molecule has 0 aliphatic heterocycles. The van der Waals surface area contributed by atoms with E-state index in [2.05, 4.69) is 20.8 Å². The molecule has 0 saturated heterocycles. The van der Waals surface area contributed by atoms with Gasteiger partial charge in [-0.25, -0.2) is 9.82 Å². The molecular weight excluding hydrogens is 359 g/mol. The Hall–Kier alpha value is -3.87. The number of carbonyl (C=O) groups excluding carboxylic acids is 2. The topological polar surface area (TPSA) is 83.5 Å². The van der Waals surface area contributed by atoms with Gasteiger partial charge in [-0.1, -0.05) is 12.1 Å². The van der Waals surface area contributed by atoms with Gasteiger partial charge in [-0.3, -0.25) is 14.6 Å². The molecule has 28 heavy (non-hydrogen) atoms. The van der Waals surface area contributed by atoms with Crippen molar-refractivity contribution in [3.63, 3.8) is 0 Å². The molecule has 0 fully saturated rings. The van der Waals surface area contributed by atoms with Crippen LogP contribution in [0.3, 0.4) is 0 Å². The number of rotatable bonds is 5. The van der Waals surface area contributed by atoms with Gasteiger partial charge in [0, 0.05) is 22.5 Å². The summed E-state index contributed by atoms with van der Waals surface area (Å²) in [6, 6.07) is 17.1. The molecule has 0 atom stereocenters. The molecule has 2 aromatic carbocycles. The minimum atomic E-state index is -0.429. The Morgan fingerprint density at radius 2 is 1.71 bits per heavy atom. The van der Waals surface area contributed by atoms with Crippen molar-refractivity contribution in [2.45, 2.75) is 6.92 Å². The standard InChI is InChI=1S/C21H17FN4O2/c1-14-4-2-7-19(24-14)13-23-26-21(28)16-5-3-6-18(12-16)25-20(27)15-8-10-17(22)11-9-15/h2-13H,1H3,(H,25,27)(H,26,28). The number of nitrogens with zero attached hydrogens (tertiary/aromatic N) is 2. The zero-order valence-electron chi connectivity index (χ0n) is 15.0. The van der Waals surface area contributed by atoms with Crippen molar-refractivity contribution in [2.24, 2.45) is 5.10 Å². The first-order valence-corrected chi connectivity index (χ1v) is 8.45. The predicted molar refractivity (Wildman–Crippen MR) is 105 cm³/mol. The highest BCUT2D eigenvalue weighted by atomic mass is 19.1. The van der Waals surface area contributed by atoms with E-state index in [-0.39, 0.29) is 0 Å². The third-order valence-electron chi connectivity index (χ3n) is 3.76. The molecule has 3 rings (SSSR count). The van der Waals surface area contributed by atoms with E-state index in [0.717, 1.165) is 5.69 Å². The number of pyridine rings is 1. The molecule has 0 spiro atoms. The molecule has 3 aromatic rings. The Kier molecular flexibility index (Phi) is 5.86. The van der Waals surface area contributed by atoms with Gasteiger partial charge in [0.2, 0.25) is 0 Å². The Bertz CT molecular complexity index is 1030. The Morgan fingerprint density at radius 1 is 0.964 bits per heavy atom. The van der Waals surface area contributed by atoms with E-state index in [9.17, 15) is 14.0 Å². The van der Waals surface area contributed by atoms with Crippen molar-refractivity contribution in [1.82, 2.24) is 10.4 Å². The number of hydrogen-bond donors (Lipinski definition) is 2. The first kappa shape index (κ1) is 18.9. The summed E-state index contributed by atoms with van der Waals surface area (Å²) in [5, 5.41) is 6.57. The van der Waals surface area contributed by atoms with Crippen LogP contribution in [0, 0.1) is 12.7 Å². The molecule has 0 aliphatic carbocycles. The number of halogens is 1. The van der Waals surface area contributed by atoms with Crippen LogP contribution >= 0.6 is 0 Å². The zero-order valence-corrected chi connectivity index (χ0v) is 15.0. The summed E-state index contributed by atoms with van der Waals surface area (Å²) in [5.74, 6) is -1.25. The van der Waals surface area contributed by atoms with Crippen LogP contribution in [0.2, 0.25) is 0 Å². The summed E-state index contributed by atoms with van der Waals surface area (Å²) in [5.41, 5.74) is 4.97. The van der Waals surface area contributed by atoms with E-state index in [1.165, 1.54) is 36.5 Å². The van der Waals surface area contributed by atoms with Crippen LogP contribution in [0.1, 0.15) is 32.1 Å². The smallest absolute Gasteiger partial charge is 0.271 e. The fraction of sp³-hybridized carbons (Fsp3) is 0.0476. The number of aromatic nitrogens is 1. The van der Waals surface area contributed by atoms with E-state index in [4.69, 9.17) is 0 Å². The number of carbonyl (C=O) groups is 2. The number of aryl methyl sites for hydroxylation is 1. The van der Waals surface area contributed by atoms with Crippen molar-refractivity contribution < 1.29 is 14.0 Å². The molecule has 2 amide bonds. The van der Waals surface area contributed by atoms with Gasteiger partial charge in [-0.15, -0.1) is 0 Å². The number of anilines is 1. The highest BCUT2D eigenvalue weighted by molar-refractivity contribution is 6.05. The first-order chi connectivity index (χ1) is 13.5. The van der Waals surface area contributed by atoms with Gasteiger partial charge < -0.3 is 5.32 Å². The number of hydrogen-bond acceptors (Lipinski definition) is 4. The lowest BCUT2D eigenvalue weighted by molar-refractivity contribution is 0.0953. The molecule has 0 unspecified atom stereocenters. The molecule has 0 radical (unpaired) electrons. The fourth-order valence-electron chi connectivity index (χ4n) is 2.40. The Balaban J connectivity index is 1.64. The number of benzene rings is 2. The van der Waals surface area contributed by atoms with Crippen molar-refractivity contribution in [3.05, 3.63) is 95.1 Å². The lowest BCUT2D eigenvalue weighted by Gasteiger charge is -2.07. The van der Waals surface area contributed by atoms with Crippen LogP contribution in [0.5, 0.6) is 0 Å². The summed E-state index contributed by atoms with van der Waals surface area (Å²) in [4.78, 5) is 28.7. The van der Waals surface area contributed by atoms with Gasteiger partial charge in [0.1, 0.15) is 5.82 Å². The molecule has 1 heterocycles. The van der Waals surface area contributed by atoms with Gasteiger partial charge >= 0.3 is 0 Å². The lowest BCUT2D eigenvalue weighted by atomic mass is 10.1. The van der Waals surface area contributed by atoms with E-state index >= 15 is 0 Å². The molecule has 7 heteroatoms. The van der Waals surface area contributed by atoms with Crippen molar-refractivity contribution in [3.8, 4) is 0 Å². The van der Waals surface area contributed by atoms with Crippen LogP contribution in [-0.2, 0) is 0 Å². The Labute approximate surface area is 161 Å². The summed E-state index contributed by atoms with van der Waals surface area (Å²) >= 11 is 0. The van der Waals surface area contributed by atoms with Crippen LogP contribution < -0.4 is 10.7 Å².